The lowest BCUT2D eigenvalue weighted by Gasteiger charge is -2.17. The zero-order chi connectivity index (χ0) is 8.69. The van der Waals surface area contributed by atoms with E-state index in [1.54, 1.807) is 0 Å². The highest BCUT2D eigenvalue weighted by Gasteiger charge is 1.98. The van der Waals surface area contributed by atoms with Crippen molar-refractivity contribution in [3.05, 3.63) is 12.7 Å². The Balaban J connectivity index is 0. The fourth-order valence-corrected chi connectivity index (χ4v) is 0.709. The molecule has 0 aliphatic heterocycles. The first kappa shape index (κ1) is 14.0. The largest absolute Gasteiger partial charge is 0.340 e. The van der Waals surface area contributed by atoms with Crippen LogP contribution in [0.15, 0.2) is 12.7 Å². The monoisotopic (exact) mass is 192 g/mol. The molecule has 0 spiro atoms. The number of hydrogen-bond donors (Lipinski definition) is 1. The molecule has 0 aliphatic carbocycles. The van der Waals surface area contributed by atoms with Gasteiger partial charge in [0.2, 0.25) is 5.91 Å². The van der Waals surface area contributed by atoms with Crippen molar-refractivity contribution in [1.29, 1.82) is 0 Å². The molecule has 1 amide bonds. The van der Waals surface area contributed by atoms with Gasteiger partial charge in [0.05, 0.1) is 6.67 Å². The van der Waals surface area contributed by atoms with Crippen LogP contribution in [-0.2, 0) is 4.79 Å². The molecule has 0 saturated heterocycles. The van der Waals surface area contributed by atoms with E-state index in [4.69, 9.17) is 0 Å². The minimum absolute atomic E-state index is 0. The van der Waals surface area contributed by atoms with Gasteiger partial charge in [-0.05, 0) is 19.2 Å². The average Bonchev–Trinajstić information content (AvgIpc) is 2.06. The summed E-state index contributed by atoms with van der Waals surface area (Å²) in [5.41, 5.74) is 0. The molecule has 0 saturated carbocycles. The van der Waals surface area contributed by atoms with Crippen LogP contribution in [0, 0.1) is 0 Å². The lowest BCUT2D eigenvalue weighted by Crippen LogP contribution is -2.36. The molecule has 3 nitrogen and oxygen atoms in total. The van der Waals surface area contributed by atoms with E-state index in [0.717, 1.165) is 13.1 Å². The van der Waals surface area contributed by atoms with Gasteiger partial charge in [0.15, 0.2) is 0 Å². The van der Waals surface area contributed by atoms with Gasteiger partial charge < -0.3 is 5.32 Å². The smallest absolute Gasteiger partial charge is 0.244 e. The number of hydrogen-bond acceptors (Lipinski definition) is 2. The summed E-state index contributed by atoms with van der Waals surface area (Å²) in [5.74, 6) is -0.114. The molecular weight excluding hydrogens is 176 g/mol. The number of nitrogens with zero attached hydrogens (tertiary/aromatic N) is 1. The van der Waals surface area contributed by atoms with E-state index in [9.17, 15) is 4.79 Å². The summed E-state index contributed by atoms with van der Waals surface area (Å²) in [4.78, 5) is 12.8. The maximum absolute atomic E-state index is 10.7. The van der Waals surface area contributed by atoms with Gasteiger partial charge in [0.1, 0.15) is 0 Å². The lowest BCUT2D eigenvalue weighted by molar-refractivity contribution is -0.117. The molecule has 0 aromatic rings. The predicted octanol–water partition coefficient (Wildman–Crippen LogP) is 1.01. The van der Waals surface area contributed by atoms with Gasteiger partial charge in [-0.3, -0.25) is 9.69 Å². The third kappa shape index (κ3) is 6.19. The Kier molecular flexibility index (Phi) is 9.99. The highest BCUT2D eigenvalue weighted by molar-refractivity contribution is 5.86. The SMILES string of the molecule is C=CC(=O)NCN(CC)CC.Cl. The van der Waals surface area contributed by atoms with Gasteiger partial charge in [-0.25, -0.2) is 0 Å². The van der Waals surface area contributed by atoms with E-state index in [-0.39, 0.29) is 18.3 Å². The van der Waals surface area contributed by atoms with Crippen LogP contribution in [0.25, 0.3) is 0 Å². The van der Waals surface area contributed by atoms with Crippen LogP contribution in [-0.4, -0.2) is 30.6 Å². The van der Waals surface area contributed by atoms with Crippen LogP contribution in [0.5, 0.6) is 0 Å². The van der Waals surface area contributed by atoms with Crippen molar-refractivity contribution in [2.75, 3.05) is 19.8 Å². The van der Waals surface area contributed by atoms with Crippen molar-refractivity contribution in [2.45, 2.75) is 13.8 Å². The van der Waals surface area contributed by atoms with Gasteiger partial charge in [0, 0.05) is 0 Å². The van der Waals surface area contributed by atoms with Gasteiger partial charge >= 0.3 is 0 Å². The second kappa shape index (κ2) is 8.56. The Labute approximate surface area is 80.2 Å². The molecule has 1 N–H and O–H groups in total. The minimum Gasteiger partial charge on any atom is -0.340 e. The molecule has 0 fully saturated rings. The Morgan fingerprint density at radius 1 is 1.50 bits per heavy atom. The molecule has 12 heavy (non-hydrogen) atoms. The third-order valence-electron chi connectivity index (χ3n) is 1.56. The third-order valence-corrected chi connectivity index (χ3v) is 1.56. The highest BCUT2D eigenvalue weighted by atomic mass is 35.5. The summed E-state index contributed by atoms with van der Waals surface area (Å²) in [6, 6.07) is 0. The minimum atomic E-state index is -0.114. The van der Waals surface area contributed by atoms with Crippen molar-refractivity contribution in [3.8, 4) is 0 Å². The second-order valence-electron chi connectivity index (χ2n) is 2.21. The molecule has 0 rings (SSSR count). The van der Waals surface area contributed by atoms with Gasteiger partial charge in [-0.15, -0.1) is 12.4 Å². The maximum Gasteiger partial charge on any atom is 0.244 e. The van der Waals surface area contributed by atoms with Crippen LogP contribution in [0.2, 0.25) is 0 Å². The van der Waals surface area contributed by atoms with Gasteiger partial charge in [-0.1, -0.05) is 20.4 Å². The predicted molar refractivity (Wildman–Crippen MR) is 53.4 cm³/mol. The molecule has 4 heteroatoms. The van der Waals surface area contributed by atoms with E-state index < -0.39 is 0 Å². The second-order valence-corrected chi connectivity index (χ2v) is 2.21. The molecule has 72 valence electrons. The number of halogens is 1. The van der Waals surface area contributed by atoms with Crippen LogP contribution < -0.4 is 5.32 Å². The number of amides is 1. The van der Waals surface area contributed by atoms with Crippen LogP contribution in [0.4, 0.5) is 0 Å². The number of nitrogens with one attached hydrogen (secondary N) is 1. The molecular formula is C8H17ClN2O. The van der Waals surface area contributed by atoms with Crippen molar-refractivity contribution >= 4 is 18.3 Å². The van der Waals surface area contributed by atoms with Crippen molar-refractivity contribution in [3.63, 3.8) is 0 Å². The molecule has 0 atom stereocenters. The highest BCUT2D eigenvalue weighted by Crippen LogP contribution is 1.82. The van der Waals surface area contributed by atoms with E-state index in [1.165, 1.54) is 6.08 Å². The first-order valence-corrected chi connectivity index (χ1v) is 3.87. The maximum atomic E-state index is 10.7. The first-order valence-electron chi connectivity index (χ1n) is 3.87. The summed E-state index contributed by atoms with van der Waals surface area (Å²) < 4.78 is 0. The van der Waals surface area contributed by atoms with E-state index in [1.807, 2.05) is 0 Å². The molecule has 0 unspecified atom stereocenters. The van der Waals surface area contributed by atoms with Gasteiger partial charge in [-0.2, -0.15) is 0 Å². The molecule has 0 aromatic heterocycles. The molecule has 0 radical (unpaired) electrons. The van der Waals surface area contributed by atoms with E-state index in [0.29, 0.717) is 6.67 Å². The van der Waals surface area contributed by atoms with Crippen molar-refractivity contribution in [2.24, 2.45) is 0 Å². The zero-order valence-corrected chi connectivity index (χ0v) is 8.49. The molecule has 0 heterocycles. The number of rotatable bonds is 5. The summed E-state index contributed by atoms with van der Waals surface area (Å²) in [7, 11) is 0. The quantitative estimate of drug-likeness (QED) is 0.521. The van der Waals surface area contributed by atoms with Gasteiger partial charge in [0.25, 0.3) is 0 Å². The normalized spacial score (nSPS) is 8.92. The summed E-state index contributed by atoms with van der Waals surface area (Å²) >= 11 is 0. The van der Waals surface area contributed by atoms with E-state index >= 15 is 0 Å². The first-order chi connectivity index (χ1) is 5.24. The zero-order valence-electron chi connectivity index (χ0n) is 7.67. The van der Waals surface area contributed by atoms with Crippen LogP contribution in [0.1, 0.15) is 13.8 Å². The fraction of sp³-hybridized carbons (Fsp3) is 0.625. The van der Waals surface area contributed by atoms with Crippen LogP contribution >= 0.6 is 12.4 Å². The Bertz CT molecular complexity index is 135. The average molecular weight is 193 g/mol. The summed E-state index contributed by atoms with van der Waals surface area (Å²) in [6.07, 6.45) is 1.28. The fourth-order valence-electron chi connectivity index (χ4n) is 0.709. The standard InChI is InChI=1S/C8H16N2O.ClH/c1-4-8(11)9-7-10(5-2)6-3;/h4H,1,5-7H2,2-3H3,(H,9,11);1H. The molecule has 0 aromatic carbocycles. The Morgan fingerprint density at radius 3 is 2.33 bits per heavy atom. The number of carbonyl (C=O) groups excluding carboxylic acids is 1. The molecule has 0 bridgehead atoms. The summed E-state index contributed by atoms with van der Waals surface area (Å²) in [6.45, 7) is 9.99. The van der Waals surface area contributed by atoms with Crippen molar-refractivity contribution in [1.82, 2.24) is 10.2 Å². The number of carbonyl (C=O) groups is 1. The topological polar surface area (TPSA) is 32.3 Å². The lowest BCUT2D eigenvalue weighted by atomic mass is 10.5. The Morgan fingerprint density at radius 2 is 2.00 bits per heavy atom. The van der Waals surface area contributed by atoms with Crippen LogP contribution in [0.3, 0.4) is 0 Å². The van der Waals surface area contributed by atoms with E-state index in [2.05, 4.69) is 30.6 Å². The van der Waals surface area contributed by atoms with Crippen molar-refractivity contribution < 1.29 is 4.79 Å². The Hall–Kier alpha value is -0.540. The summed E-state index contributed by atoms with van der Waals surface area (Å²) in [5, 5.41) is 2.70. The molecule has 0 aliphatic rings.